The fourth-order valence-electron chi connectivity index (χ4n) is 1.95. The molecular weight excluding hydrogens is 271 g/mol. The first-order chi connectivity index (χ1) is 8.51. The average molecular weight is 291 g/mol. The Labute approximate surface area is 119 Å². The van der Waals surface area contributed by atoms with Crippen LogP contribution in [0.2, 0.25) is 10.0 Å². The lowest BCUT2D eigenvalue weighted by atomic mass is 10.0. The highest BCUT2D eigenvalue weighted by atomic mass is 35.5. The van der Waals surface area contributed by atoms with Gasteiger partial charge in [-0.3, -0.25) is 4.90 Å². The van der Waals surface area contributed by atoms with Gasteiger partial charge in [0, 0.05) is 35.8 Å². The minimum Gasteiger partial charge on any atom is -0.383 e. The quantitative estimate of drug-likeness (QED) is 0.875. The van der Waals surface area contributed by atoms with E-state index < -0.39 is 0 Å². The Morgan fingerprint density at radius 3 is 2.56 bits per heavy atom. The second kappa shape index (κ2) is 7.31. The molecule has 102 valence electrons. The smallest absolute Gasteiger partial charge is 0.0615 e. The van der Waals surface area contributed by atoms with Gasteiger partial charge in [-0.25, -0.2) is 0 Å². The topological polar surface area (TPSA) is 38.5 Å². The van der Waals surface area contributed by atoms with Gasteiger partial charge in [0.05, 0.1) is 6.61 Å². The van der Waals surface area contributed by atoms with Crippen molar-refractivity contribution in [3.63, 3.8) is 0 Å². The summed E-state index contributed by atoms with van der Waals surface area (Å²) >= 11 is 12.1. The van der Waals surface area contributed by atoms with Crippen LogP contribution < -0.4 is 5.73 Å². The summed E-state index contributed by atoms with van der Waals surface area (Å²) < 4.78 is 5.17. The highest BCUT2D eigenvalue weighted by molar-refractivity contribution is 6.35. The van der Waals surface area contributed by atoms with Crippen LogP contribution in [0.3, 0.4) is 0 Å². The SMILES string of the molecule is COCC(C)N(C)C(CN)c1ccc(Cl)cc1Cl. The Morgan fingerprint density at radius 1 is 1.39 bits per heavy atom. The summed E-state index contributed by atoms with van der Waals surface area (Å²) in [7, 11) is 3.71. The number of ether oxygens (including phenoxy) is 1. The van der Waals surface area contributed by atoms with Gasteiger partial charge in [0.25, 0.3) is 0 Å². The minimum atomic E-state index is 0.0555. The van der Waals surface area contributed by atoms with Gasteiger partial charge in [0.2, 0.25) is 0 Å². The molecule has 2 N–H and O–H groups in total. The Balaban J connectivity index is 2.94. The summed E-state index contributed by atoms with van der Waals surface area (Å²) in [6, 6.07) is 5.82. The van der Waals surface area contributed by atoms with Crippen molar-refractivity contribution < 1.29 is 4.74 Å². The van der Waals surface area contributed by atoms with Crippen LogP contribution in [0.5, 0.6) is 0 Å². The van der Waals surface area contributed by atoms with Crippen molar-refractivity contribution in [2.24, 2.45) is 5.73 Å². The number of halogens is 2. The first-order valence-corrected chi connectivity index (χ1v) is 6.62. The second-order valence-electron chi connectivity index (χ2n) is 4.39. The predicted octanol–water partition coefficient (Wildman–Crippen LogP) is 2.96. The molecule has 0 aromatic heterocycles. The number of likely N-dealkylation sites (N-methyl/N-ethyl adjacent to an activating group) is 1. The number of hydrogen-bond donors (Lipinski definition) is 1. The first kappa shape index (κ1) is 15.7. The Morgan fingerprint density at radius 2 is 2.06 bits per heavy atom. The molecule has 0 fully saturated rings. The minimum absolute atomic E-state index is 0.0555. The molecule has 0 amide bonds. The molecule has 0 aliphatic rings. The van der Waals surface area contributed by atoms with Gasteiger partial charge < -0.3 is 10.5 Å². The number of methoxy groups -OCH3 is 1. The van der Waals surface area contributed by atoms with E-state index in [-0.39, 0.29) is 12.1 Å². The monoisotopic (exact) mass is 290 g/mol. The van der Waals surface area contributed by atoms with E-state index in [1.54, 1.807) is 13.2 Å². The molecule has 2 atom stereocenters. The Hall–Kier alpha value is -0.320. The molecule has 1 rings (SSSR count). The maximum absolute atomic E-state index is 6.23. The molecule has 3 nitrogen and oxygen atoms in total. The standard InChI is InChI=1S/C13H20Cl2N2O/c1-9(8-18-3)17(2)13(7-16)11-5-4-10(14)6-12(11)15/h4-6,9,13H,7-8,16H2,1-3H3. The highest BCUT2D eigenvalue weighted by Gasteiger charge is 2.22. The van der Waals surface area contributed by atoms with E-state index in [4.69, 9.17) is 33.7 Å². The molecule has 1 aromatic carbocycles. The molecule has 0 saturated heterocycles. The van der Waals surface area contributed by atoms with Gasteiger partial charge in [-0.05, 0) is 31.7 Å². The summed E-state index contributed by atoms with van der Waals surface area (Å²) in [4.78, 5) is 2.17. The summed E-state index contributed by atoms with van der Waals surface area (Å²) in [5, 5.41) is 1.28. The van der Waals surface area contributed by atoms with Crippen molar-refractivity contribution >= 4 is 23.2 Å². The molecule has 0 aliphatic heterocycles. The highest BCUT2D eigenvalue weighted by Crippen LogP contribution is 2.29. The third-order valence-electron chi connectivity index (χ3n) is 3.14. The van der Waals surface area contributed by atoms with Crippen LogP contribution in [0.1, 0.15) is 18.5 Å². The number of hydrogen-bond acceptors (Lipinski definition) is 3. The van der Waals surface area contributed by atoms with Crippen LogP contribution in [0.4, 0.5) is 0 Å². The van der Waals surface area contributed by atoms with Crippen LogP contribution in [-0.4, -0.2) is 38.3 Å². The van der Waals surface area contributed by atoms with Crippen LogP contribution in [0.15, 0.2) is 18.2 Å². The molecule has 5 heteroatoms. The third kappa shape index (κ3) is 3.84. The normalized spacial score (nSPS) is 14.8. The lowest BCUT2D eigenvalue weighted by Gasteiger charge is -2.32. The molecule has 18 heavy (non-hydrogen) atoms. The van der Waals surface area contributed by atoms with Crippen LogP contribution >= 0.6 is 23.2 Å². The average Bonchev–Trinajstić information content (AvgIpc) is 2.32. The Kier molecular flexibility index (Phi) is 6.39. The zero-order valence-electron chi connectivity index (χ0n) is 11.0. The predicted molar refractivity (Wildman–Crippen MR) is 77.4 cm³/mol. The van der Waals surface area contributed by atoms with Gasteiger partial charge in [0.15, 0.2) is 0 Å². The van der Waals surface area contributed by atoms with Gasteiger partial charge in [-0.1, -0.05) is 29.3 Å². The number of benzene rings is 1. The number of rotatable bonds is 6. The maximum Gasteiger partial charge on any atom is 0.0615 e. The third-order valence-corrected chi connectivity index (χ3v) is 3.70. The molecule has 0 bridgehead atoms. The molecule has 0 radical (unpaired) electrons. The largest absolute Gasteiger partial charge is 0.383 e. The lowest BCUT2D eigenvalue weighted by Crippen LogP contribution is -2.39. The van der Waals surface area contributed by atoms with Crippen molar-refractivity contribution in [2.45, 2.75) is 19.0 Å². The fourth-order valence-corrected chi connectivity index (χ4v) is 2.48. The fraction of sp³-hybridized carbons (Fsp3) is 0.538. The van der Waals surface area contributed by atoms with E-state index in [1.165, 1.54) is 0 Å². The summed E-state index contributed by atoms with van der Waals surface area (Å²) in [5.41, 5.74) is 6.87. The van der Waals surface area contributed by atoms with Crippen LogP contribution in [0.25, 0.3) is 0 Å². The van der Waals surface area contributed by atoms with Gasteiger partial charge in [0.1, 0.15) is 0 Å². The van der Waals surface area contributed by atoms with Gasteiger partial charge in [-0.2, -0.15) is 0 Å². The van der Waals surface area contributed by atoms with Crippen molar-refractivity contribution in [1.82, 2.24) is 4.90 Å². The molecule has 0 heterocycles. The lowest BCUT2D eigenvalue weighted by molar-refractivity contribution is 0.0911. The Bertz CT molecular complexity index is 387. The van der Waals surface area contributed by atoms with E-state index in [0.717, 1.165) is 5.56 Å². The molecular formula is C13H20Cl2N2O. The van der Waals surface area contributed by atoms with E-state index in [0.29, 0.717) is 23.2 Å². The van der Waals surface area contributed by atoms with E-state index >= 15 is 0 Å². The maximum atomic E-state index is 6.23. The molecule has 1 aromatic rings. The summed E-state index contributed by atoms with van der Waals surface area (Å²) in [5.74, 6) is 0. The molecule has 0 aliphatic carbocycles. The van der Waals surface area contributed by atoms with Crippen LogP contribution in [0, 0.1) is 0 Å². The first-order valence-electron chi connectivity index (χ1n) is 5.87. The molecule has 0 spiro atoms. The van der Waals surface area contributed by atoms with Crippen molar-refractivity contribution in [2.75, 3.05) is 27.3 Å². The van der Waals surface area contributed by atoms with E-state index in [1.807, 2.05) is 19.2 Å². The molecule has 2 unspecified atom stereocenters. The van der Waals surface area contributed by atoms with E-state index in [2.05, 4.69) is 11.8 Å². The molecule has 0 saturated carbocycles. The van der Waals surface area contributed by atoms with Crippen molar-refractivity contribution in [1.29, 1.82) is 0 Å². The summed E-state index contributed by atoms with van der Waals surface area (Å²) in [6.45, 7) is 3.24. The van der Waals surface area contributed by atoms with Gasteiger partial charge in [-0.15, -0.1) is 0 Å². The summed E-state index contributed by atoms with van der Waals surface area (Å²) in [6.07, 6.45) is 0. The second-order valence-corrected chi connectivity index (χ2v) is 5.23. The van der Waals surface area contributed by atoms with Crippen molar-refractivity contribution in [3.05, 3.63) is 33.8 Å². The zero-order chi connectivity index (χ0) is 13.7. The van der Waals surface area contributed by atoms with Crippen LogP contribution in [-0.2, 0) is 4.74 Å². The van der Waals surface area contributed by atoms with Crippen molar-refractivity contribution in [3.8, 4) is 0 Å². The zero-order valence-corrected chi connectivity index (χ0v) is 12.5. The van der Waals surface area contributed by atoms with Gasteiger partial charge >= 0.3 is 0 Å². The number of nitrogens with two attached hydrogens (primary N) is 1. The number of nitrogens with zero attached hydrogens (tertiary/aromatic N) is 1. The van der Waals surface area contributed by atoms with E-state index in [9.17, 15) is 0 Å².